The van der Waals surface area contributed by atoms with Crippen molar-refractivity contribution in [2.45, 2.75) is 19.4 Å². The van der Waals surface area contributed by atoms with E-state index < -0.39 is 23.5 Å². The van der Waals surface area contributed by atoms with Crippen molar-refractivity contribution in [3.63, 3.8) is 0 Å². The lowest BCUT2D eigenvalue weighted by Crippen LogP contribution is -2.31. The first-order valence-electron chi connectivity index (χ1n) is 9.04. The Hall–Kier alpha value is -2.99. The number of benzene rings is 2. The quantitative estimate of drug-likeness (QED) is 0.358. The molecule has 1 atom stereocenters. The van der Waals surface area contributed by atoms with Crippen LogP contribution in [0.25, 0.3) is 5.76 Å². The highest BCUT2D eigenvalue weighted by molar-refractivity contribution is 6.46. The summed E-state index contributed by atoms with van der Waals surface area (Å²) in [4.78, 5) is 26.8. The van der Waals surface area contributed by atoms with Gasteiger partial charge in [-0.2, -0.15) is 0 Å². The number of aryl methyl sites for hydroxylation is 1. The minimum absolute atomic E-state index is 0.0307. The third kappa shape index (κ3) is 3.82. The number of likely N-dealkylation sites (tertiary alicyclic amines) is 1. The van der Waals surface area contributed by atoms with Crippen molar-refractivity contribution in [3.05, 3.63) is 76.6 Å². The summed E-state index contributed by atoms with van der Waals surface area (Å²) in [5, 5.41) is 10.9. The molecule has 1 amide bonds. The number of carbonyl (C=O) groups excluding carboxylic acids is 2. The maximum atomic E-state index is 13.9. The van der Waals surface area contributed by atoms with Crippen molar-refractivity contribution in [1.29, 1.82) is 0 Å². The standard InChI is InChI=1S/C22H22FNO4/c1-14-7-9-15(10-8-14)20(25)18-19(16-5-3-6-17(23)13-16)24(11-4-12-28-2)22(27)21(18)26/h3,5-10,13,19,25H,4,11-12H2,1-2H3/b20-18+. The van der Waals surface area contributed by atoms with Crippen LogP contribution in [0.3, 0.4) is 0 Å². The van der Waals surface area contributed by atoms with Gasteiger partial charge in [0.15, 0.2) is 0 Å². The molecule has 1 aliphatic rings. The lowest BCUT2D eigenvalue weighted by Gasteiger charge is -2.25. The lowest BCUT2D eigenvalue weighted by molar-refractivity contribution is -0.140. The fraction of sp³-hybridized carbons (Fsp3) is 0.273. The van der Waals surface area contributed by atoms with Crippen LogP contribution in [0.5, 0.6) is 0 Å². The Morgan fingerprint density at radius 2 is 1.89 bits per heavy atom. The predicted molar refractivity (Wildman–Crippen MR) is 103 cm³/mol. The number of aliphatic hydroxyl groups is 1. The topological polar surface area (TPSA) is 66.8 Å². The van der Waals surface area contributed by atoms with Crippen molar-refractivity contribution < 1.29 is 23.8 Å². The zero-order valence-electron chi connectivity index (χ0n) is 15.8. The van der Waals surface area contributed by atoms with Crippen molar-refractivity contribution in [2.24, 2.45) is 0 Å². The first kappa shape index (κ1) is 19.8. The van der Waals surface area contributed by atoms with Crippen LogP contribution in [-0.2, 0) is 14.3 Å². The Kier molecular flexibility index (Phi) is 5.90. The van der Waals surface area contributed by atoms with Crippen LogP contribution in [0.4, 0.5) is 4.39 Å². The number of Topliss-reactive ketones (excluding diaryl/α,β-unsaturated/α-hetero) is 1. The zero-order valence-corrected chi connectivity index (χ0v) is 15.8. The molecule has 0 spiro atoms. The molecule has 2 aromatic rings. The van der Waals surface area contributed by atoms with Crippen LogP contribution in [0.15, 0.2) is 54.1 Å². The van der Waals surface area contributed by atoms with Crippen LogP contribution in [0.1, 0.15) is 29.2 Å². The van der Waals surface area contributed by atoms with Crippen LogP contribution in [0.2, 0.25) is 0 Å². The molecule has 5 nitrogen and oxygen atoms in total. The van der Waals surface area contributed by atoms with Crippen molar-refractivity contribution in [2.75, 3.05) is 20.3 Å². The van der Waals surface area contributed by atoms with Crippen LogP contribution in [-0.4, -0.2) is 42.0 Å². The van der Waals surface area contributed by atoms with Gasteiger partial charge in [0.25, 0.3) is 11.7 Å². The normalized spacial score (nSPS) is 18.7. The van der Waals surface area contributed by atoms with E-state index >= 15 is 0 Å². The number of methoxy groups -OCH3 is 1. The first-order chi connectivity index (χ1) is 13.4. The van der Waals surface area contributed by atoms with Gasteiger partial charge >= 0.3 is 0 Å². The summed E-state index contributed by atoms with van der Waals surface area (Å²) in [6, 6.07) is 11.9. The number of hydrogen-bond acceptors (Lipinski definition) is 4. The van der Waals surface area contributed by atoms with E-state index in [0.717, 1.165) is 5.56 Å². The smallest absolute Gasteiger partial charge is 0.295 e. The van der Waals surface area contributed by atoms with E-state index in [1.165, 1.54) is 23.1 Å². The molecule has 0 radical (unpaired) electrons. The van der Waals surface area contributed by atoms with E-state index in [2.05, 4.69) is 0 Å². The molecule has 3 rings (SSSR count). The third-order valence-corrected chi connectivity index (χ3v) is 4.78. The molecule has 1 fully saturated rings. The number of aliphatic hydroxyl groups excluding tert-OH is 1. The van der Waals surface area contributed by atoms with E-state index in [9.17, 15) is 19.1 Å². The second kappa shape index (κ2) is 8.35. The van der Waals surface area contributed by atoms with E-state index in [1.807, 2.05) is 6.92 Å². The Labute approximate surface area is 163 Å². The summed E-state index contributed by atoms with van der Waals surface area (Å²) < 4.78 is 18.9. The lowest BCUT2D eigenvalue weighted by atomic mass is 9.95. The van der Waals surface area contributed by atoms with Gasteiger partial charge in [0, 0.05) is 25.8 Å². The van der Waals surface area contributed by atoms with E-state index in [1.54, 1.807) is 37.4 Å². The van der Waals surface area contributed by atoms with E-state index in [0.29, 0.717) is 24.2 Å². The molecule has 0 aromatic heterocycles. The summed E-state index contributed by atoms with van der Waals surface area (Å²) >= 11 is 0. The molecule has 1 unspecified atom stereocenters. The highest BCUT2D eigenvalue weighted by Crippen LogP contribution is 2.39. The number of carbonyl (C=O) groups is 2. The van der Waals surface area contributed by atoms with E-state index in [-0.39, 0.29) is 17.9 Å². The van der Waals surface area contributed by atoms with Crippen molar-refractivity contribution in [3.8, 4) is 0 Å². The number of rotatable bonds is 6. The maximum Gasteiger partial charge on any atom is 0.295 e. The first-order valence-corrected chi connectivity index (χ1v) is 9.04. The molecule has 1 aliphatic heterocycles. The second-order valence-electron chi connectivity index (χ2n) is 6.76. The fourth-order valence-electron chi connectivity index (χ4n) is 3.38. The van der Waals surface area contributed by atoms with Gasteiger partial charge in [-0.3, -0.25) is 9.59 Å². The Balaban J connectivity index is 2.12. The van der Waals surface area contributed by atoms with Gasteiger partial charge in [-0.25, -0.2) is 4.39 Å². The SMILES string of the molecule is COCCCN1C(=O)C(=O)/C(=C(/O)c2ccc(C)cc2)C1c1cccc(F)c1. The van der Waals surface area contributed by atoms with Crippen molar-refractivity contribution >= 4 is 17.4 Å². The van der Waals surface area contributed by atoms with Crippen LogP contribution >= 0.6 is 0 Å². The predicted octanol–water partition coefficient (Wildman–Crippen LogP) is 3.59. The summed E-state index contributed by atoms with van der Waals surface area (Å²) in [5.41, 5.74) is 1.84. The molecular formula is C22H22FNO4. The van der Waals surface area contributed by atoms with Gasteiger partial charge in [0.05, 0.1) is 11.6 Å². The van der Waals surface area contributed by atoms with Gasteiger partial charge in [-0.1, -0.05) is 42.0 Å². The molecule has 1 N–H and O–H groups in total. The van der Waals surface area contributed by atoms with Crippen LogP contribution in [0, 0.1) is 12.7 Å². The Bertz CT molecular complexity index is 920. The summed E-state index contributed by atoms with van der Waals surface area (Å²) in [6.45, 7) is 2.58. The van der Waals surface area contributed by atoms with Gasteiger partial charge < -0.3 is 14.7 Å². The number of hydrogen-bond donors (Lipinski definition) is 1. The van der Waals surface area contributed by atoms with Gasteiger partial charge in [0.1, 0.15) is 11.6 Å². The molecule has 0 saturated carbocycles. The zero-order chi connectivity index (χ0) is 20.3. The second-order valence-corrected chi connectivity index (χ2v) is 6.76. The summed E-state index contributed by atoms with van der Waals surface area (Å²) in [5.74, 6) is -2.22. The Morgan fingerprint density at radius 3 is 2.54 bits per heavy atom. The highest BCUT2D eigenvalue weighted by Gasteiger charge is 2.45. The maximum absolute atomic E-state index is 13.9. The molecule has 1 heterocycles. The number of nitrogens with zero attached hydrogens (tertiary/aromatic N) is 1. The Morgan fingerprint density at radius 1 is 1.18 bits per heavy atom. The minimum atomic E-state index is -0.853. The van der Waals surface area contributed by atoms with Gasteiger partial charge in [-0.15, -0.1) is 0 Å². The third-order valence-electron chi connectivity index (χ3n) is 4.78. The fourth-order valence-corrected chi connectivity index (χ4v) is 3.38. The average molecular weight is 383 g/mol. The molecule has 0 bridgehead atoms. The number of ketones is 1. The summed E-state index contributed by atoms with van der Waals surface area (Å²) in [6.07, 6.45) is 0.514. The van der Waals surface area contributed by atoms with Crippen LogP contribution < -0.4 is 0 Å². The van der Waals surface area contributed by atoms with Gasteiger partial charge in [-0.05, 0) is 31.0 Å². The highest BCUT2D eigenvalue weighted by atomic mass is 19.1. The minimum Gasteiger partial charge on any atom is -0.507 e. The van der Waals surface area contributed by atoms with Gasteiger partial charge in [0.2, 0.25) is 0 Å². The molecule has 28 heavy (non-hydrogen) atoms. The van der Waals surface area contributed by atoms with Crippen molar-refractivity contribution in [1.82, 2.24) is 4.90 Å². The number of amides is 1. The summed E-state index contributed by atoms with van der Waals surface area (Å²) in [7, 11) is 1.55. The monoisotopic (exact) mass is 383 g/mol. The molecule has 0 aliphatic carbocycles. The molecule has 146 valence electrons. The molecular weight excluding hydrogens is 361 g/mol. The van der Waals surface area contributed by atoms with E-state index in [4.69, 9.17) is 4.74 Å². The molecule has 6 heteroatoms. The molecule has 1 saturated heterocycles. The average Bonchev–Trinajstić information content (AvgIpc) is 2.93. The largest absolute Gasteiger partial charge is 0.507 e. The molecule has 2 aromatic carbocycles. The number of ether oxygens (including phenoxy) is 1. The number of halogens is 1.